The molecular formula is C6H5FNO. The second-order valence-electron chi connectivity index (χ2n) is 1.45. The first-order chi connectivity index (χ1) is 4.33. The highest BCUT2D eigenvalue weighted by Gasteiger charge is 1.91. The molecule has 0 bridgehead atoms. The van der Waals surface area contributed by atoms with Gasteiger partial charge >= 0.3 is 0 Å². The Morgan fingerprint density at radius 3 is 2.89 bits per heavy atom. The minimum Gasteiger partial charge on any atom is -0.481 e. The summed E-state index contributed by atoms with van der Waals surface area (Å²) in [6, 6.07) is 2.68. The molecule has 0 fully saturated rings. The third kappa shape index (κ3) is 1.38. The van der Waals surface area contributed by atoms with Gasteiger partial charge in [0.05, 0.1) is 7.11 Å². The molecule has 0 aliphatic heterocycles. The standard InChI is InChI=1S/C6H5FNO/c1-9-6-3-2-5(7)4-8-6/h2-3H,1H3. The highest BCUT2D eigenvalue weighted by Crippen LogP contribution is 2.03. The molecule has 0 saturated heterocycles. The fraction of sp³-hybridized carbons (Fsp3) is 0.167. The molecule has 9 heavy (non-hydrogen) atoms. The molecule has 3 heteroatoms. The highest BCUT2D eigenvalue weighted by atomic mass is 19.1. The molecule has 1 heterocycles. The van der Waals surface area contributed by atoms with Gasteiger partial charge in [-0.15, -0.1) is 0 Å². The van der Waals surface area contributed by atoms with Gasteiger partial charge in [-0.3, -0.25) is 0 Å². The Morgan fingerprint density at radius 2 is 2.44 bits per heavy atom. The second kappa shape index (κ2) is 2.44. The van der Waals surface area contributed by atoms with Gasteiger partial charge in [0, 0.05) is 6.07 Å². The molecule has 0 atom stereocenters. The van der Waals surface area contributed by atoms with Crippen molar-refractivity contribution in [3.05, 3.63) is 24.1 Å². The molecule has 1 radical (unpaired) electrons. The molecule has 1 rings (SSSR count). The van der Waals surface area contributed by atoms with Gasteiger partial charge in [-0.2, -0.15) is 0 Å². The summed E-state index contributed by atoms with van der Waals surface area (Å²) in [5.74, 6) is -0.104. The van der Waals surface area contributed by atoms with E-state index in [0.717, 1.165) is 0 Å². The van der Waals surface area contributed by atoms with Gasteiger partial charge in [-0.25, -0.2) is 9.37 Å². The summed E-state index contributed by atoms with van der Waals surface area (Å²) in [4.78, 5) is 3.47. The second-order valence-corrected chi connectivity index (χ2v) is 1.45. The van der Waals surface area contributed by atoms with Gasteiger partial charge in [-0.1, -0.05) is 0 Å². The number of pyridine rings is 1. The third-order valence-corrected chi connectivity index (χ3v) is 0.854. The lowest BCUT2D eigenvalue weighted by Gasteiger charge is -1.93. The molecule has 0 aliphatic rings. The molecule has 0 aliphatic carbocycles. The first-order valence-corrected chi connectivity index (χ1v) is 2.41. The van der Waals surface area contributed by atoms with Gasteiger partial charge in [0.25, 0.3) is 0 Å². The topological polar surface area (TPSA) is 22.1 Å². The fourth-order valence-corrected chi connectivity index (χ4v) is 0.441. The van der Waals surface area contributed by atoms with Crippen molar-refractivity contribution in [3.63, 3.8) is 0 Å². The van der Waals surface area contributed by atoms with E-state index in [1.54, 1.807) is 0 Å². The Bertz CT molecular complexity index is 185. The zero-order valence-corrected chi connectivity index (χ0v) is 4.89. The maximum atomic E-state index is 12.0. The van der Waals surface area contributed by atoms with Crippen molar-refractivity contribution in [1.29, 1.82) is 0 Å². The maximum Gasteiger partial charge on any atom is 0.213 e. The van der Waals surface area contributed by atoms with Crippen molar-refractivity contribution in [2.45, 2.75) is 0 Å². The molecule has 1 aromatic rings. The van der Waals surface area contributed by atoms with Crippen LogP contribution in [-0.2, 0) is 0 Å². The van der Waals surface area contributed by atoms with Gasteiger partial charge in [0.2, 0.25) is 5.88 Å². The Morgan fingerprint density at radius 1 is 1.67 bits per heavy atom. The zero-order valence-electron chi connectivity index (χ0n) is 4.89. The van der Waals surface area contributed by atoms with Crippen LogP contribution in [0.3, 0.4) is 0 Å². The van der Waals surface area contributed by atoms with Gasteiger partial charge in [0.1, 0.15) is 6.20 Å². The lowest BCUT2D eigenvalue weighted by molar-refractivity contribution is 0.395. The summed E-state index contributed by atoms with van der Waals surface area (Å²) in [7, 11) is 1.47. The SMILES string of the molecule is COc1ccc(F)[c]n1. The molecule has 47 valence electrons. The molecule has 0 amide bonds. The minimum absolute atomic E-state index is 0.372. The van der Waals surface area contributed by atoms with Crippen LogP contribution >= 0.6 is 0 Å². The summed E-state index contributed by atoms with van der Waals surface area (Å²) in [5.41, 5.74) is 0. The van der Waals surface area contributed by atoms with Crippen LogP contribution in [-0.4, -0.2) is 12.1 Å². The van der Waals surface area contributed by atoms with E-state index in [4.69, 9.17) is 0 Å². The van der Waals surface area contributed by atoms with Crippen LogP contribution in [0.4, 0.5) is 4.39 Å². The molecular weight excluding hydrogens is 121 g/mol. The maximum absolute atomic E-state index is 12.0. The first kappa shape index (κ1) is 6.01. The summed E-state index contributed by atoms with van der Waals surface area (Å²) in [6.07, 6.45) is 2.11. The Labute approximate surface area is 52.3 Å². The van der Waals surface area contributed by atoms with Crippen LogP contribution in [0.15, 0.2) is 12.1 Å². The summed E-state index contributed by atoms with van der Waals surface area (Å²) < 4.78 is 16.7. The Kier molecular flexibility index (Phi) is 1.63. The largest absolute Gasteiger partial charge is 0.481 e. The summed E-state index contributed by atoms with van der Waals surface area (Å²) in [5, 5.41) is 0. The number of hydrogen-bond acceptors (Lipinski definition) is 2. The lowest BCUT2D eigenvalue weighted by atomic mass is 10.5. The van der Waals surface area contributed by atoms with Gasteiger partial charge in [-0.05, 0) is 6.07 Å². The number of ether oxygens (including phenoxy) is 1. The predicted molar refractivity (Wildman–Crippen MR) is 29.6 cm³/mol. The molecule has 2 nitrogen and oxygen atoms in total. The van der Waals surface area contributed by atoms with Crippen LogP contribution in [0, 0.1) is 12.0 Å². The van der Waals surface area contributed by atoms with Crippen LogP contribution in [0.2, 0.25) is 0 Å². The van der Waals surface area contributed by atoms with Crippen molar-refractivity contribution in [3.8, 4) is 5.88 Å². The number of methoxy groups -OCH3 is 1. The van der Waals surface area contributed by atoms with E-state index in [2.05, 4.69) is 15.9 Å². The fourth-order valence-electron chi connectivity index (χ4n) is 0.441. The van der Waals surface area contributed by atoms with Crippen LogP contribution in [0.25, 0.3) is 0 Å². The van der Waals surface area contributed by atoms with Crippen molar-refractivity contribution in [2.24, 2.45) is 0 Å². The van der Waals surface area contributed by atoms with E-state index in [-0.39, 0.29) is 0 Å². The monoisotopic (exact) mass is 126 g/mol. The number of halogens is 1. The molecule has 0 saturated carbocycles. The molecule has 0 spiro atoms. The van der Waals surface area contributed by atoms with Crippen molar-refractivity contribution in [2.75, 3.05) is 7.11 Å². The van der Waals surface area contributed by atoms with Crippen LogP contribution < -0.4 is 4.74 Å². The van der Waals surface area contributed by atoms with Gasteiger partial charge < -0.3 is 4.74 Å². The number of nitrogens with zero attached hydrogens (tertiary/aromatic N) is 1. The van der Waals surface area contributed by atoms with E-state index < -0.39 is 5.82 Å². The molecule has 0 unspecified atom stereocenters. The Hall–Kier alpha value is -1.12. The smallest absolute Gasteiger partial charge is 0.213 e. The average molecular weight is 126 g/mol. The van der Waals surface area contributed by atoms with Gasteiger partial charge in [0.15, 0.2) is 5.82 Å². The third-order valence-electron chi connectivity index (χ3n) is 0.854. The normalized spacial score (nSPS) is 9.11. The predicted octanol–water partition coefficient (Wildman–Crippen LogP) is 1.03. The highest BCUT2D eigenvalue weighted by molar-refractivity contribution is 5.09. The van der Waals surface area contributed by atoms with Crippen molar-refractivity contribution in [1.82, 2.24) is 4.98 Å². The molecule has 1 aromatic heterocycles. The minimum atomic E-state index is -0.476. The average Bonchev–Trinajstić information content (AvgIpc) is 1.90. The lowest BCUT2D eigenvalue weighted by Crippen LogP contribution is -1.86. The van der Waals surface area contributed by atoms with Crippen LogP contribution in [0.1, 0.15) is 0 Å². The van der Waals surface area contributed by atoms with E-state index >= 15 is 0 Å². The quantitative estimate of drug-likeness (QED) is 0.560. The number of rotatable bonds is 1. The first-order valence-electron chi connectivity index (χ1n) is 2.41. The summed E-state index contributed by atoms with van der Waals surface area (Å²) in [6.45, 7) is 0. The van der Waals surface area contributed by atoms with E-state index in [1.165, 1.54) is 19.2 Å². The molecule has 0 N–H and O–H groups in total. The number of hydrogen-bond donors (Lipinski definition) is 0. The van der Waals surface area contributed by atoms with E-state index in [0.29, 0.717) is 5.88 Å². The van der Waals surface area contributed by atoms with E-state index in [1.807, 2.05) is 0 Å². The zero-order chi connectivity index (χ0) is 6.69. The van der Waals surface area contributed by atoms with Crippen molar-refractivity contribution < 1.29 is 9.13 Å². The number of aromatic nitrogens is 1. The van der Waals surface area contributed by atoms with Crippen molar-refractivity contribution >= 4 is 0 Å². The van der Waals surface area contributed by atoms with Crippen LogP contribution in [0.5, 0.6) is 5.88 Å². The Balaban J connectivity index is 2.88. The summed E-state index contributed by atoms with van der Waals surface area (Å²) >= 11 is 0. The molecule has 0 aromatic carbocycles. The van der Waals surface area contributed by atoms with E-state index in [9.17, 15) is 4.39 Å².